The number of esters is 1. The lowest BCUT2D eigenvalue weighted by Gasteiger charge is -2.17. The molecule has 0 bridgehead atoms. The third-order valence-electron chi connectivity index (χ3n) is 5.10. The number of nitrogens with one attached hydrogen (secondary N) is 2. The molecule has 1 aliphatic heterocycles. The normalized spacial score (nSPS) is 15.1. The van der Waals surface area contributed by atoms with Crippen LogP contribution in [0.2, 0.25) is 0 Å². The van der Waals surface area contributed by atoms with E-state index < -0.39 is 41.1 Å². The standard InChI is InChI=1S/C22H21BrN4O7/c1-2-13-9-16(23)5-8-18(13)24-19(28)12-34-22(31)15-10-20(29)26(11-15)25-21(30)14-3-6-17(7-4-14)27(32)33/h3-9,15H,2,10-12H2,1H3,(H,24,28)(H,25,30)/t15-/m0/s1. The van der Waals surface area contributed by atoms with Crippen molar-refractivity contribution in [2.45, 2.75) is 19.8 Å². The number of nitro groups is 1. The zero-order chi connectivity index (χ0) is 24.8. The van der Waals surface area contributed by atoms with Crippen LogP contribution in [-0.4, -0.2) is 46.8 Å². The van der Waals surface area contributed by atoms with E-state index in [0.29, 0.717) is 12.1 Å². The van der Waals surface area contributed by atoms with Crippen molar-refractivity contribution in [2.75, 3.05) is 18.5 Å². The van der Waals surface area contributed by atoms with Crippen LogP contribution >= 0.6 is 15.9 Å². The topological polar surface area (TPSA) is 148 Å². The molecule has 3 rings (SSSR count). The van der Waals surface area contributed by atoms with Gasteiger partial charge in [-0.3, -0.25) is 39.7 Å². The van der Waals surface area contributed by atoms with Gasteiger partial charge in [0.05, 0.1) is 17.4 Å². The average molecular weight is 533 g/mol. The van der Waals surface area contributed by atoms with E-state index in [2.05, 4.69) is 26.7 Å². The van der Waals surface area contributed by atoms with Crippen LogP contribution in [0.5, 0.6) is 0 Å². The first-order chi connectivity index (χ1) is 16.2. The quantitative estimate of drug-likeness (QED) is 0.301. The lowest BCUT2D eigenvalue weighted by molar-refractivity contribution is -0.384. The number of non-ortho nitro benzene ring substituents is 1. The molecule has 1 aliphatic rings. The number of nitro benzene ring substituents is 1. The summed E-state index contributed by atoms with van der Waals surface area (Å²) in [6, 6.07) is 10.3. The molecule has 0 saturated carbocycles. The molecule has 1 heterocycles. The first-order valence-electron chi connectivity index (χ1n) is 10.3. The lowest BCUT2D eigenvalue weighted by atomic mass is 10.1. The van der Waals surface area contributed by atoms with Crippen molar-refractivity contribution in [1.82, 2.24) is 10.4 Å². The highest BCUT2D eigenvalue weighted by Gasteiger charge is 2.36. The van der Waals surface area contributed by atoms with Gasteiger partial charge in [-0.25, -0.2) is 0 Å². The predicted octanol–water partition coefficient (Wildman–Crippen LogP) is 2.59. The summed E-state index contributed by atoms with van der Waals surface area (Å²) in [7, 11) is 0. The van der Waals surface area contributed by atoms with Gasteiger partial charge >= 0.3 is 5.97 Å². The summed E-state index contributed by atoms with van der Waals surface area (Å²) in [5.41, 5.74) is 3.84. The fourth-order valence-corrected chi connectivity index (χ4v) is 3.72. The molecule has 1 saturated heterocycles. The second-order valence-corrected chi connectivity index (χ2v) is 8.38. The van der Waals surface area contributed by atoms with E-state index >= 15 is 0 Å². The number of aryl methyl sites for hydroxylation is 1. The number of benzene rings is 2. The second kappa shape index (κ2) is 10.9. The van der Waals surface area contributed by atoms with Gasteiger partial charge in [-0.05, 0) is 42.3 Å². The number of amides is 3. The Hall–Kier alpha value is -3.80. The number of rotatable bonds is 8. The highest BCUT2D eigenvalue weighted by molar-refractivity contribution is 9.10. The predicted molar refractivity (Wildman–Crippen MR) is 123 cm³/mol. The fraction of sp³-hybridized carbons (Fsp3) is 0.273. The molecule has 2 N–H and O–H groups in total. The maximum Gasteiger partial charge on any atom is 0.311 e. The van der Waals surface area contributed by atoms with Crippen LogP contribution in [0.15, 0.2) is 46.9 Å². The largest absolute Gasteiger partial charge is 0.455 e. The van der Waals surface area contributed by atoms with Crippen LogP contribution in [0, 0.1) is 16.0 Å². The maximum absolute atomic E-state index is 12.4. The average Bonchev–Trinajstić information content (AvgIpc) is 3.18. The van der Waals surface area contributed by atoms with Gasteiger partial charge in [0.15, 0.2) is 6.61 Å². The molecule has 1 fully saturated rings. The monoisotopic (exact) mass is 532 g/mol. The number of halogens is 1. The summed E-state index contributed by atoms with van der Waals surface area (Å²) < 4.78 is 5.94. The Balaban J connectivity index is 1.50. The van der Waals surface area contributed by atoms with Gasteiger partial charge in [-0.1, -0.05) is 22.9 Å². The zero-order valence-corrected chi connectivity index (χ0v) is 19.7. The summed E-state index contributed by atoms with van der Waals surface area (Å²) in [4.78, 5) is 59.2. The van der Waals surface area contributed by atoms with E-state index in [1.807, 2.05) is 13.0 Å². The number of hydrogen-bond donors (Lipinski definition) is 2. The molecule has 178 valence electrons. The van der Waals surface area contributed by atoms with Crippen LogP contribution in [0.3, 0.4) is 0 Å². The summed E-state index contributed by atoms with van der Waals surface area (Å²) in [5.74, 6) is -3.25. The Bertz CT molecular complexity index is 1140. The van der Waals surface area contributed by atoms with Crippen molar-refractivity contribution in [3.63, 3.8) is 0 Å². The minimum Gasteiger partial charge on any atom is -0.455 e. The number of nitrogens with zero attached hydrogens (tertiary/aromatic N) is 2. The maximum atomic E-state index is 12.4. The molecule has 34 heavy (non-hydrogen) atoms. The van der Waals surface area contributed by atoms with Gasteiger partial charge in [0.25, 0.3) is 17.5 Å². The van der Waals surface area contributed by atoms with Gasteiger partial charge in [-0.2, -0.15) is 0 Å². The molecule has 0 spiro atoms. The molecule has 0 aromatic heterocycles. The molecule has 0 unspecified atom stereocenters. The summed E-state index contributed by atoms with van der Waals surface area (Å²) >= 11 is 3.37. The molecular formula is C22H21BrN4O7. The number of hydrogen-bond acceptors (Lipinski definition) is 7. The SMILES string of the molecule is CCc1cc(Br)ccc1NC(=O)COC(=O)[C@H]1CC(=O)N(NC(=O)c2ccc([N+](=O)[O-])cc2)C1. The number of ether oxygens (including phenoxy) is 1. The van der Waals surface area contributed by atoms with E-state index in [9.17, 15) is 29.3 Å². The van der Waals surface area contributed by atoms with E-state index in [1.54, 1.807) is 12.1 Å². The minimum atomic E-state index is -0.851. The van der Waals surface area contributed by atoms with Gasteiger partial charge in [0, 0.05) is 34.3 Å². The molecule has 11 nitrogen and oxygen atoms in total. The molecule has 2 aromatic rings. The first-order valence-corrected chi connectivity index (χ1v) is 11.1. The molecule has 1 atom stereocenters. The third-order valence-corrected chi connectivity index (χ3v) is 5.60. The number of carbonyl (C=O) groups is 4. The molecule has 2 aromatic carbocycles. The van der Waals surface area contributed by atoms with Gasteiger partial charge in [0.2, 0.25) is 5.91 Å². The van der Waals surface area contributed by atoms with Crippen molar-refractivity contribution in [3.8, 4) is 0 Å². The Morgan fingerprint density at radius 1 is 1.21 bits per heavy atom. The van der Waals surface area contributed by atoms with E-state index in [0.717, 1.165) is 15.0 Å². The highest BCUT2D eigenvalue weighted by Crippen LogP contribution is 2.22. The van der Waals surface area contributed by atoms with E-state index in [4.69, 9.17) is 4.74 Å². The molecular weight excluding hydrogens is 512 g/mol. The zero-order valence-electron chi connectivity index (χ0n) is 18.1. The molecule has 12 heteroatoms. The van der Waals surface area contributed by atoms with E-state index in [-0.39, 0.29) is 24.2 Å². The lowest BCUT2D eigenvalue weighted by Crippen LogP contribution is -2.43. The van der Waals surface area contributed by atoms with Crippen LogP contribution in [0.1, 0.15) is 29.3 Å². The van der Waals surface area contributed by atoms with Crippen LogP contribution in [0.25, 0.3) is 0 Å². The molecule has 3 amide bonds. The summed E-state index contributed by atoms with van der Waals surface area (Å²) in [5, 5.41) is 14.4. The summed E-state index contributed by atoms with van der Waals surface area (Å²) in [6.45, 7) is 1.31. The number of carbonyl (C=O) groups excluding carboxylic acids is 4. The van der Waals surface area contributed by atoms with Crippen molar-refractivity contribution in [3.05, 3.63) is 68.2 Å². The van der Waals surface area contributed by atoms with Crippen LogP contribution in [0.4, 0.5) is 11.4 Å². The minimum absolute atomic E-state index is 0.112. The van der Waals surface area contributed by atoms with E-state index in [1.165, 1.54) is 24.3 Å². The van der Waals surface area contributed by atoms with Crippen LogP contribution in [-0.2, 0) is 25.5 Å². The Morgan fingerprint density at radius 3 is 2.56 bits per heavy atom. The molecule has 0 aliphatic carbocycles. The Morgan fingerprint density at radius 2 is 1.91 bits per heavy atom. The van der Waals surface area contributed by atoms with Gasteiger partial charge in [-0.15, -0.1) is 0 Å². The van der Waals surface area contributed by atoms with Crippen molar-refractivity contribution >= 4 is 51.0 Å². The van der Waals surface area contributed by atoms with Crippen LogP contribution < -0.4 is 10.7 Å². The molecule has 0 radical (unpaired) electrons. The van der Waals surface area contributed by atoms with Gasteiger partial charge in [0.1, 0.15) is 0 Å². The summed E-state index contributed by atoms with van der Waals surface area (Å²) in [6.07, 6.45) is 0.508. The van der Waals surface area contributed by atoms with Crippen molar-refractivity contribution in [1.29, 1.82) is 0 Å². The number of anilines is 1. The Kier molecular flexibility index (Phi) is 7.95. The van der Waals surface area contributed by atoms with Gasteiger partial charge < -0.3 is 10.1 Å². The second-order valence-electron chi connectivity index (χ2n) is 7.46. The fourth-order valence-electron chi connectivity index (χ4n) is 3.31. The number of hydrazine groups is 1. The van der Waals surface area contributed by atoms with Crippen molar-refractivity contribution in [2.24, 2.45) is 5.92 Å². The first kappa shape index (κ1) is 24.8. The third kappa shape index (κ3) is 6.16. The smallest absolute Gasteiger partial charge is 0.311 e. The highest BCUT2D eigenvalue weighted by atomic mass is 79.9. The van der Waals surface area contributed by atoms with Crippen molar-refractivity contribution < 1.29 is 28.8 Å². The Labute approximate surface area is 202 Å².